The molecule has 1 heterocycles. The van der Waals surface area contributed by atoms with E-state index in [2.05, 4.69) is 15.0 Å². The van der Waals surface area contributed by atoms with Crippen molar-refractivity contribution in [3.8, 4) is 16.9 Å². The van der Waals surface area contributed by atoms with Crippen LogP contribution in [0.4, 0.5) is 18.9 Å². The largest absolute Gasteiger partial charge is 0.495 e. The Morgan fingerprint density at radius 1 is 1.02 bits per heavy atom. The molecule has 43 heavy (non-hydrogen) atoms. The molecule has 1 aromatic heterocycles. The lowest BCUT2D eigenvalue weighted by atomic mass is 9.91. The van der Waals surface area contributed by atoms with Gasteiger partial charge in [-0.25, -0.2) is 18.1 Å². The second-order valence-corrected chi connectivity index (χ2v) is 12.5. The molecule has 3 aromatic carbocycles. The summed E-state index contributed by atoms with van der Waals surface area (Å²) in [5.41, 5.74) is -1.38. The molecule has 1 unspecified atom stereocenters. The molecule has 0 spiro atoms. The average Bonchev–Trinajstić information content (AvgIpc) is 3.36. The van der Waals surface area contributed by atoms with Crippen molar-refractivity contribution in [3.63, 3.8) is 0 Å². The molecule has 0 radical (unpaired) electrons. The number of anilines is 1. The first-order valence-corrected chi connectivity index (χ1v) is 14.5. The highest BCUT2D eigenvalue weighted by molar-refractivity contribution is 7.89. The van der Waals surface area contributed by atoms with Gasteiger partial charge in [0.05, 0.1) is 12.7 Å². The fourth-order valence-corrected chi connectivity index (χ4v) is 6.12. The van der Waals surface area contributed by atoms with E-state index in [1.807, 2.05) is 0 Å². The topological polar surface area (TPSA) is 123 Å². The van der Waals surface area contributed by atoms with E-state index in [0.717, 1.165) is 6.07 Å². The molecule has 3 N–H and O–H groups in total. The van der Waals surface area contributed by atoms with Gasteiger partial charge in [-0.1, -0.05) is 24.3 Å². The molecule has 0 fully saturated rings. The van der Waals surface area contributed by atoms with E-state index in [1.165, 1.54) is 72.5 Å². The lowest BCUT2D eigenvalue weighted by Crippen LogP contribution is -2.40. The number of nitrogens with one attached hydrogen (secondary N) is 2. The molecule has 0 aliphatic heterocycles. The standard InChI is InChI=1S/C30H31F3N4O5S/c1-29(2,3)36-43(40,41)25-13-10-18(16-24(25)42-5)28(39)35-19-11-12-20(21-8-6-7-9-23(21)30(31,32)33)22(17-19)26(38)27-34-14-15-37(27)4/h6-17,26,36,38H,1-5H3,(H,35,39). The molecule has 9 nitrogen and oxygen atoms in total. The van der Waals surface area contributed by atoms with Gasteiger partial charge in [0.2, 0.25) is 10.0 Å². The van der Waals surface area contributed by atoms with Crippen LogP contribution >= 0.6 is 0 Å². The number of rotatable bonds is 8. The molecule has 4 rings (SSSR count). The number of nitrogens with zero attached hydrogens (tertiary/aromatic N) is 2. The van der Waals surface area contributed by atoms with E-state index < -0.39 is 39.3 Å². The summed E-state index contributed by atoms with van der Waals surface area (Å²) >= 11 is 0. The lowest BCUT2D eigenvalue weighted by Gasteiger charge is -2.21. The highest BCUT2D eigenvalue weighted by atomic mass is 32.2. The normalized spacial score (nSPS) is 13.0. The molecule has 13 heteroatoms. The minimum Gasteiger partial charge on any atom is -0.495 e. The molecule has 0 aliphatic rings. The maximum atomic E-state index is 13.9. The van der Waals surface area contributed by atoms with Crippen LogP contribution in [0.15, 0.2) is 78.0 Å². The molecule has 0 saturated heterocycles. The predicted octanol–water partition coefficient (Wildman–Crippen LogP) is 5.53. The zero-order valence-electron chi connectivity index (χ0n) is 24.0. The van der Waals surface area contributed by atoms with Crippen molar-refractivity contribution in [1.82, 2.24) is 14.3 Å². The van der Waals surface area contributed by atoms with Crippen LogP contribution in [0.5, 0.6) is 5.75 Å². The van der Waals surface area contributed by atoms with Gasteiger partial charge in [-0.2, -0.15) is 13.2 Å². The van der Waals surface area contributed by atoms with Crippen molar-refractivity contribution < 1.29 is 36.2 Å². The highest BCUT2D eigenvalue weighted by Gasteiger charge is 2.34. The number of aromatic nitrogens is 2. The number of methoxy groups -OCH3 is 1. The molecule has 4 aromatic rings. The summed E-state index contributed by atoms with van der Waals surface area (Å²) in [6, 6.07) is 13.0. The Balaban J connectivity index is 1.74. The van der Waals surface area contributed by atoms with Gasteiger partial charge >= 0.3 is 6.18 Å². The molecular formula is C30H31F3N4O5S. The summed E-state index contributed by atoms with van der Waals surface area (Å²) in [7, 11) is -1.06. The Kier molecular flexibility index (Phi) is 8.72. The van der Waals surface area contributed by atoms with E-state index in [0.29, 0.717) is 0 Å². The van der Waals surface area contributed by atoms with Gasteiger partial charge in [0.15, 0.2) is 0 Å². The van der Waals surface area contributed by atoms with Gasteiger partial charge in [0.1, 0.15) is 22.6 Å². The van der Waals surface area contributed by atoms with E-state index in [4.69, 9.17) is 4.74 Å². The van der Waals surface area contributed by atoms with Crippen molar-refractivity contribution in [2.45, 2.75) is 43.5 Å². The Bertz CT molecular complexity index is 1760. The molecule has 0 saturated carbocycles. The summed E-state index contributed by atoms with van der Waals surface area (Å²) in [5.74, 6) is -0.527. The van der Waals surface area contributed by atoms with Gasteiger partial charge in [-0.3, -0.25) is 4.79 Å². The number of carbonyl (C=O) groups excluding carboxylic acids is 1. The predicted molar refractivity (Wildman–Crippen MR) is 155 cm³/mol. The Morgan fingerprint density at radius 3 is 2.33 bits per heavy atom. The number of ether oxygens (including phenoxy) is 1. The van der Waals surface area contributed by atoms with Gasteiger partial charge < -0.3 is 19.7 Å². The number of aliphatic hydroxyl groups is 1. The Morgan fingerprint density at radius 2 is 1.72 bits per heavy atom. The molecule has 0 bridgehead atoms. The summed E-state index contributed by atoms with van der Waals surface area (Å²) in [4.78, 5) is 17.2. The first-order valence-electron chi connectivity index (χ1n) is 13.0. The number of alkyl halides is 3. The highest BCUT2D eigenvalue weighted by Crippen LogP contribution is 2.41. The van der Waals surface area contributed by atoms with Crippen molar-refractivity contribution in [3.05, 3.63) is 95.6 Å². The van der Waals surface area contributed by atoms with E-state index >= 15 is 0 Å². The molecular weight excluding hydrogens is 585 g/mol. The fraction of sp³-hybridized carbons (Fsp3) is 0.267. The zero-order valence-corrected chi connectivity index (χ0v) is 24.8. The number of hydrogen-bond donors (Lipinski definition) is 3. The summed E-state index contributed by atoms with van der Waals surface area (Å²) < 4.78 is 76.8. The van der Waals surface area contributed by atoms with Crippen LogP contribution in [0, 0.1) is 0 Å². The third-order valence-electron chi connectivity index (χ3n) is 6.39. The van der Waals surface area contributed by atoms with Crippen molar-refractivity contribution in [2.24, 2.45) is 7.05 Å². The van der Waals surface area contributed by atoms with Gasteiger partial charge in [-0.05, 0) is 73.9 Å². The number of amides is 1. The second-order valence-electron chi connectivity index (χ2n) is 10.8. The van der Waals surface area contributed by atoms with Crippen molar-refractivity contribution in [1.29, 1.82) is 0 Å². The smallest absolute Gasteiger partial charge is 0.417 e. The van der Waals surface area contributed by atoms with Crippen LogP contribution < -0.4 is 14.8 Å². The van der Waals surface area contributed by atoms with Gasteiger partial charge in [0.25, 0.3) is 5.91 Å². The molecule has 1 amide bonds. The molecule has 1 atom stereocenters. The SMILES string of the molecule is COc1cc(C(=O)Nc2ccc(-c3ccccc3C(F)(F)F)c(C(O)c3nccn3C)c2)ccc1S(=O)(=O)NC(C)(C)C. The first-order chi connectivity index (χ1) is 20.0. The van der Waals surface area contributed by atoms with Crippen LogP contribution in [0.3, 0.4) is 0 Å². The Hall–Kier alpha value is -4.20. The fourth-order valence-electron chi connectivity index (χ4n) is 4.55. The van der Waals surface area contributed by atoms with Crippen molar-refractivity contribution in [2.75, 3.05) is 12.4 Å². The van der Waals surface area contributed by atoms with E-state index in [1.54, 1.807) is 34.0 Å². The van der Waals surface area contributed by atoms with Crippen LogP contribution in [-0.4, -0.2) is 41.6 Å². The summed E-state index contributed by atoms with van der Waals surface area (Å²) in [5, 5.41) is 13.9. The van der Waals surface area contributed by atoms with Gasteiger partial charge in [-0.15, -0.1) is 0 Å². The number of hydrogen-bond acceptors (Lipinski definition) is 6. The number of halogens is 3. The monoisotopic (exact) mass is 616 g/mol. The van der Waals surface area contributed by atoms with E-state index in [9.17, 15) is 31.5 Å². The maximum Gasteiger partial charge on any atom is 0.417 e. The number of imidazole rings is 1. The molecule has 228 valence electrons. The quantitative estimate of drug-likeness (QED) is 0.240. The zero-order chi connectivity index (χ0) is 31.7. The number of aliphatic hydroxyl groups excluding tert-OH is 1. The van der Waals surface area contributed by atoms with Crippen LogP contribution in [0.1, 0.15) is 54.2 Å². The van der Waals surface area contributed by atoms with E-state index in [-0.39, 0.29) is 44.4 Å². The number of aryl methyl sites for hydroxylation is 1. The van der Waals surface area contributed by atoms with Crippen LogP contribution in [0.2, 0.25) is 0 Å². The Labute approximate surface area is 247 Å². The summed E-state index contributed by atoms with van der Waals surface area (Å²) in [6.45, 7) is 5.06. The number of sulfonamides is 1. The number of carbonyl (C=O) groups is 1. The third kappa shape index (κ3) is 7.07. The van der Waals surface area contributed by atoms with Crippen molar-refractivity contribution >= 4 is 21.6 Å². The minimum absolute atomic E-state index is 0.0595. The second kappa shape index (κ2) is 11.8. The molecule has 0 aliphatic carbocycles. The van der Waals surface area contributed by atoms with Crippen LogP contribution in [0.25, 0.3) is 11.1 Å². The maximum absolute atomic E-state index is 13.9. The minimum atomic E-state index is -4.66. The van der Waals surface area contributed by atoms with Crippen LogP contribution in [-0.2, 0) is 23.2 Å². The number of benzene rings is 3. The third-order valence-corrected chi connectivity index (χ3v) is 8.18. The first kappa shape index (κ1) is 31.7. The lowest BCUT2D eigenvalue weighted by molar-refractivity contribution is -0.137. The average molecular weight is 617 g/mol. The van der Waals surface area contributed by atoms with Gasteiger partial charge in [0, 0.05) is 36.2 Å². The summed E-state index contributed by atoms with van der Waals surface area (Å²) in [6.07, 6.45) is -3.06.